The van der Waals surface area contributed by atoms with E-state index in [1.54, 1.807) is 58.5 Å². The number of aromatic nitrogens is 1. The van der Waals surface area contributed by atoms with Crippen LogP contribution < -0.4 is 10.9 Å². The third kappa shape index (κ3) is 5.20. The summed E-state index contributed by atoms with van der Waals surface area (Å²) >= 11 is 0. The Bertz CT molecular complexity index is 1210. The van der Waals surface area contributed by atoms with Gasteiger partial charge in [0.2, 0.25) is 5.91 Å². The van der Waals surface area contributed by atoms with Crippen LogP contribution in [0.2, 0.25) is 0 Å². The summed E-state index contributed by atoms with van der Waals surface area (Å²) in [6.07, 6.45) is 3.09. The molecule has 3 heterocycles. The predicted octanol–water partition coefficient (Wildman–Crippen LogP) is 1.99. The van der Waals surface area contributed by atoms with Crippen molar-refractivity contribution in [2.24, 2.45) is 0 Å². The van der Waals surface area contributed by atoms with E-state index in [0.717, 1.165) is 5.56 Å². The topological polar surface area (TPSA) is 105 Å². The van der Waals surface area contributed by atoms with Crippen LogP contribution in [0.4, 0.5) is 5.69 Å². The number of nitrogens with one attached hydrogen (secondary N) is 1. The van der Waals surface area contributed by atoms with E-state index >= 15 is 0 Å². The van der Waals surface area contributed by atoms with E-state index in [1.165, 1.54) is 16.9 Å². The zero-order valence-corrected chi connectivity index (χ0v) is 18.2. The van der Waals surface area contributed by atoms with Gasteiger partial charge in [0.1, 0.15) is 6.54 Å². The molecule has 1 N–H and O–H groups in total. The number of hydrogen-bond acceptors (Lipinski definition) is 5. The smallest absolute Gasteiger partial charge is 0.289 e. The van der Waals surface area contributed by atoms with E-state index in [9.17, 15) is 19.2 Å². The standard InChI is InChI=1S/C24H24N4O5/c1-17-4-9-22(30)28(15-17)16-21(29)25-19-7-5-18(6-8-19)23(31)26-10-12-27(13-11-26)24(32)20-3-2-14-33-20/h2-9,14-15H,10-13,16H2,1H3,(H,25,29). The molecule has 1 aromatic carbocycles. The first-order valence-electron chi connectivity index (χ1n) is 10.6. The summed E-state index contributed by atoms with van der Waals surface area (Å²) in [5.41, 5.74) is 1.67. The van der Waals surface area contributed by atoms with Crippen LogP contribution in [-0.4, -0.2) is 58.3 Å². The fourth-order valence-electron chi connectivity index (χ4n) is 3.68. The number of carbonyl (C=O) groups excluding carboxylic acids is 3. The van der Waals surface area contributed by atoms with Crippen LogP contribution in [0.25, 0.3) is 0 Å². The molecule has 1 aliphatic rings. The van der Waals surface area contributed by atoms with Gasteiger partial charge in [-0.15, -0.1) is 0 Å². The van der Waals surface area contributed by atoms with Gasteiger partial charge in [0.05, 0.1) is 6.26 Å². The number of anilines is 1. The van der Waals surface area contributed by atoms with E-state index in [-0.39, 0.29) is 29.8 Å². The molecule has 1 saturated heterocycles. The van der Waals surface area contributed by atoms with E-state index in [4.69, 9.17) is 4.42 Å². The third-order valence-corrected chi connectivity index (χ3v) is 5.45. The van der Waals surface area contributed by atoms with Crippen molar-refractivity contribution in [1.29, 1.82) is 0 Å². The minimum atomic E-state index is -0.334. The van der Waals surface area contributed by atoms with Crippen molar-refractivity contribution in [3.63, 3.8) is 0 Å². The lowest BCUT2D eigenvalue weighted by Gasteiger charge is -2.34. The second kappa shape index (κ2) is 9.56. The van der Waals surface area contributed by atoms with Crippen LogP contribution >= 0.6 is 0 Å². The van der Waals surface area contributed by atoms with Gasteiger partial charge in [0.15, 0.2) is 5.76 Å². The molecule has 0 unspecified atom stereocenters. The van der Waals surface area contributed by atoms with E-state index < -0.39 is 0 Å². The number of benzene rings is 1. The molecular weight excluding hydrogens is 424 g/mol. The summed E-state index contributed by atoms with van der Waals surface area (Å²) in [5.74, 6) is -0.358. The van der Waals surface area contributed by atoms with Crippen LogP contribution in [0.3, 0.4) is 0 Å². The second-order valence-electron chi connectivity index (χ2n) is 7.86. The highest BCUT2D eigenvalue weighted by molar-refractivity contribution is 5.96. The highest BCUT2D eigenvalue weighted by atomic mass is 16.3. The molecule has 4 rings (SSSR count). The highest BCUT2D eigenvalue weighted by Gasteiger charge is 2.26. The van der Waals surface area contributed by atoms with Gasteiger partial charge in [0.25, 0.3) is 17.4 Å². The molecule has 3 amide bonds. The van der Waals surface area contributed by atoms with Crippen LogP contribution in [0, 0.1) is 6.92 Å². The lowest BCUT2D eigenvalue weighted by atomic mass is 10.1. The lowest BCUT2D eigenvalue weighted by molar-refractivity contribution is -0.116. The van der Waals surface area contributed by atoms with Gasteiger partial charge in [-0.1, -0.05) is 6.07 Å². The van der Waals surface area contributed by atoms with Crippen LogP contribution in [-0.2, 0) is 11.3 Å². The predicted molar refractivity (Wildman–Crippen MR) is 121 cm³/mol. The maximum atomic E-state index is 12.8. The number of amides is 3. The summed E-state index contributed by atoms with van der Waals surface area (Å²) in [4.78, 5) is 52.7. The number of pyridine rings is 1. The fraction of sp³-hybridized carbons (Fsp3) is 0.250. The number of hydrogen-bond donors (Lipinski definition) is 1. The number of rotatable bonds is 5. The lowest BCUT2D eigenvalue weighted by Crippen LogP contribution is -2.50. The normalized spacial score (nSPS) is 13.6. The number of carbonyl (C=O) groups is 3. The molecule has 0 atom stereocenters. The number of piperazine rings is 1. The Morgan fingerprint density at radius 2 is 1.58 bits per heavy atom. The minimum absolute atomic E-state index is 0.0950. The Morgan fingerprint density at radius 3 is 2.21 bits per heavy atom. The molecule has 3 aromatic rings. The maximum Gasteiger partial charge on any atom is 0.289 e. The van der Waals surface area contributed by atoms with Crippen molar-refractivity contribution in [2.75, 3.05) is 31.5 Å². The van der Waals surface area contributed by atoms with E-state index in [2.05, 4.69) is 5.32 Å². The second-order valence-corrected chi connectivity index (χ2v) is 7.86. The summed E-state index contributed by atoms with van der Waals surface area (Å²) in [5, 5.41) is 2.74. The molecule has 9 heteroatoms. The zero-order valence-electron chi connectivity index (χ0n) is 18.2. The third-order valence-electron chi connectivity index (χ3n) is 5.45. The Hall–Kier alpha value is -4.14. The Kier molecular flexibility index (Phi) is 6.39. The molecular formula is C24H24N4O5. The van der Waals surface area contributed by atoms with Gasteiger partial charge in [-0.3, -0.25) is 19.2 Å². The van der Waals surface area contributed by atoms with Gasteiger partial charge in [-0.25, -0.2) is 0 Å². The monoisotopic (exact) mass is 448 g/mol. The highest BCUT2D eigenvalue weighted by Crippen LogP contribution is 2.15. The summed E-state index contributed by atoms with van der Waals surface area (Å²) < 4.78 is 6.50. The van der Waals surface area contributed by atoms with E-state index in [0.29, 0.717) is 43.2 Å². The molecule has 0 radical (unpaired) electrons. The van der Waals surface area contributed by atoms with Crippen molar-refractivity contribution in [1.82, 2.24) is 14.4 Å². The van der Waals surface area contributed by atoms with Gasteiger partial charge in [-0.05, 0) is 48.9 Å². The van der Waals surface area contributed by atoms with Crippen molar-refractivity contribution in [3.05, 3.63) is 88.2 Å². The maximum absolute atomic E-state index is 12.8. The minimum Gasteiger partial charge on any atom is -0.459 e. The van der Waals surface area contributed by atoms with Gasteiger partial charge in [-0.2, -0.15) is 0 Å². The Labute approximate surface area is 190 Å². The average Bonchev–Trinajstić information content (AvgIpc) is 3.36. The molecule has 1 fully saturated rings. The molecule has 1 aliphatic heterocycles. The van der Waals surface area contributed by atoms with Gasteiger partial charge < -0.3 is 24.1 Å². The van der Waals surface area contributed by atoms with Crippen molar-refractivity contribution in [3.8, 4) is 0 Å². The fourth-order valence-corrected chi connectivity index (χ4v) is 3.68. The first-order valence-corrected chi connectivity index (χ1v) is 10.6. The molecule has 0 aliphatic carbocycles. The molecule has 0 saturated carbocycles. The zero-order chi connectivity index (χ0) is 23.4. The van der Waals surface area contributed by atoms with Crippen molar-refractivity contribution >= 4 is 23.4 Å². The molecule has 9 nitrogen and oxygen atoms in total. The molecule has 33 heavy (non-hydrogen) atoms. The SMILES string of the molecule is Cc1ccc(=O)n(CC(=O)Nc2ccc(C(=O)N3CCN(C(=O)c4ccco4)CC3)cc2)c1. The van der Waals surface area contributed by atoms with E-state index in [1.807, 2.05) is 6.92 Å². The Morgan fingerprint density at radius 1 is 0.909 bits per heavy atom. The largest absolute Gasteiger partial charge is 0.459 e. The number of furan rings is 1. The summed E-state index contributed by atoms with van der Waals surface area (Å²) in [7, 11) is 0. The molecule has 0 spiro atoms. The number of aryl methyl sites for hydroxylation is 1. The Balaban J connectivity index is 1.31. The molecule has 170 valence electrons. The molecule has 2 aromatic heterocycles. The van der Waals surface area contributed by atoms with Gasteiger partial charge in [0, 0.05) is 49.7 Å². The first-order chi connectivity index (χ1) is 15.9. The first kappa shape index (κ1) is 22.1. The average molecular weight is 448 g/mol. The number of nitrogens with zero attached hydrogens (tertiary/aromatic N) is 3. The summed E-state index contributed by atoms with van der Waals surface area (Å²) in [6, 6.07) is 13.0. The van der Waals surface area contributed by atoms with Crippen molar-refractivity contribution < 1.29 is 18.8 Å². The van der Waals surface area contributed by atoms with Crippen LogP contribution in [0.1, 0.15) is 26.5 Å². The van der Waals surface area contributed by atoms with Crippen LogP contribution in [0.15, 0.2) is 70.2 Å². The molecule has 0 bridgehead atoms. The van der Waals surface area contributed by atoms with Crippen LogP contribution in [0.5, 0.6) is 0 Å². The van der Waals surface area contributed by atoms with Gasteiger partial charge >= 0.3 is 0 Å². The van der Waals surface area contributed by atoms with Crippen molar-refractivity contribution in [2.45, 2.75) is 13.5 Å². The quantitative estimate of drug-likeness (QED) is 0.643. The summed E-state index contributed by atoms with van der Waals surface area (Å²) in [6.45, 7) is 3.46.